The molecule has 1 saturated heterocycles. The molecular weight excluding hydrogens is 210 g/mol. The lowest BCUT2D eigenvalue weighted by molar-refractivity contribution is 0.218. The highest BCUT2D eigenvalue weighted by Crippen LogP contribution is 2.21. The summed E-state index contributed by atoms with van der Waals surface area (Å²) in [6, 6.07) is 8.48. The highest BCUT2D eigenvalue weighted by molar-refractivity contribution is 5.30. The molecule has 17 heavy (non-hydrogen) atoms. The van der Waals surface area contributed by atoms with Crippen LogP contribution in [0.3, 0.4) is 0 Å². The average Bonchev–Trinajstić information content (AvgIpc) is 2.38. The number of ether oxygens (including phenoxy) is 1. The molecule has 1 fully saturated rings. The molecule has 2 heteroatoms. The van der Waals surface area contributed by atoms with Crippen molar-refractivity contribution in [3.8, 4) is 5.75 Å². The minimum absolute atomic E-state index is 0.565. The summed E-state index contributed by atoms with van der Waals surface area (Å²) in [5.41, 5.74) is 1.35. The summed E-state index contributed by atoms with van der Waals surface area (Å²) in [4.78, 5) is 0. The van der Waals surface area contributed by atoms with Crippen LogP contribution in [0.2, 0.25) is 0 Å². The lowest BCUT2D eigenvalue weighted by atomic mass is 10.0. The van der Waals surface area contributed by atoms with E-state index in [1.807, 2.05) is 0 Å². The monoisotopic (exact) mass is 233 g/mol. The molecule has 0 bridgehead atoms. The third-order valence-corrected chi connectivity index (χ3v) is 3.41. The summed E-state index contributed by atoms with van der Waals surface area (Å²) in [7, 11) is 0. The van der Waals surface area contributed by atoms with E-state index < -0.39 is 0 Å². The van der Waals surface area contributed by atoms with Crippen LogP contribution in [-0.2, 0) is 0 Å². The molecule has 0 spiro atoms. The molecular formula is C15H23NO. The van der Waals surface area contributed by atoms with Crippen molar-refractivity contribution in [1.82, 2.24) is 5.32 Å². The summed E-state index contributed by atoms with van der Waals surface area (Å²) in [5.74, 6) is 2.25. The van der Waals surface area contributed by atoms with Gasteiger partial charge in [0.2, 0.25) is 0 Å². The smallest absolute Gasteiger partial charge is 0.119 e. The summed E-state index contributed by atoms with van der Waals surface area (Å²) < 4.78 is 5.90. The summed E-state index contributed by atoms with van der Waals surface area (Å²) >= 11 is 0. The number of hydrogen-bond acceptors (Lipinski definition) is 2. The molecule has 94 valence electrons. The number of rotatable bonds is 4. The van der Waals surface area contributed by atoms with Crippen molar-refractivity contribution in [3.05, 3.63) is 29.8 Å². The molecule has 1 aromatic rings. The first-order valence-electron chi connectivity index (χ1n) is 6.69. The van der Waals surface area contributed by atoms with Crippen LogP contribution in [-0.4, -0.2) is 19.7 Å². The van der Waals surface area contributed by atoms with Gasteiger partial charge in [-0.05, 0) is 43.0 Å². The van der Waals surface area contributed by atoms with Gasteiger partial charge in [0.05, 0.1) is 6.61 Å². The SMILES string of the molecule is CC(C)c1cccc(OC[C@@H]2CCCNC2)c1. The maximum absolute atomic E-state index is 5.90. The van der Waals surface area contributed by atoms with Gasteiger partial charge in [-0.3, -0.25) is 0 Å². The summed E-state index contributed by atoms with van der Waals surface area (Å²) in [6.45, 7) is 7.53. The standard InChI is InChI=1S/C15H23NO/c1-12(2)14-6-3-7-15(9-14)17-11-13-5-4-8-16-10-13/h3,6-7,9,12-13,16H,4-5,8,10-11H2,1-2H3/t13-/m1/s1. The van der Waals surface area contributed by atoms with Gasteiger partial charge in [0.25, 0.3) is 0 Å². The van der Waals surface area contributed by atoms with Crippen LogP contribution < -0.4 is 10.1 Å². The van der Waals surface area contributed by atoms with Crippen LogP contribution in [0.25, 0.3) is 0 Å². The van der Waals surface area contributed by atoms with E-state index in [1.54, 1.807) is 0 Å². The van der Waals surface area contributed by atoms with E-state index in [1.165, 1.54) is 24.9 Å². The minimum atomic E-state index is 0.565. The Balaban J connectivity index is 1.87. The number of piperidine rings is 1. The van der Waals surface area contributed by atoms with Gasteiger partial charge in [0, 0.05) is 12.5 Å². The normalized spacial score (nSPS) is 20.5. The van der Waals surface area contributed by atoms with Crippen molar-refractivity contribution < 1.29 is 4.74 Å². The lowest BCUT2D eigenvalue weighted by Crippen LogP contribution is -2.33. The van der Waals surface area contributed by atoms with E-state index in [9.17, 15) is 0 Å². The first kappa shape index (κ1) is 12.4. The number of nitrogens with one attached hydrogen (secondary N) is 1. The van der Waals surface area contributed by atoms with Gasteiger partial charge in [-0.15, -0.1) is 0 Å². The van der Waals surface area contributed by atoms with Gasteiger partial charge in [-0.2, -0.15) is 0 Å². The lowest BCUT2D eigenvalue weighted by Gasteiger charge is -2.23. The maximum atomic E-state index is 5.90. The summed E-state index contributed by atoms with van der Waals surface area (Å²) in [5, 5.41) is 3.42. The Kier molecular flexibility index (Phi) is 4.43. The van der Waals surface area contributed by atoms with Gasteiger partial charge in [0.15, 0.2) is 0 Å². The topological polar surface area (TPSA) is 21.3 Å². The van der Waals surface area contributed by atoms with Crippen molar-refractivity contribution in [2.24, 2.45) is 5.92 Å². The predicted octanol–water partition coefficient (Wildman–Crippen LogP) is 3.19. The fourth-order valence-electron chi connectivity index (χ4n) is 2.24. The Morgan fingerprint density at radius 2 is 2.29 bits per heavy atom. The molecule has 1 aromatic carbocycles. The molecule has 0 amide bonds. The Labute approximate surface area is 104 Å². The van der Waals surface area contributed by atoms with E-state index in [0.29, 0.717) is 11.8 Å². The minimum Gasteiger partial charge on any atom is -0.493 e. The second kappa shape index (κ2) is 6.06. The van der Waals surface area contributed by atoms with Gasteiger partial charge in [-0.25, -0.2) is 0 Å². The Bertz CT molecular complexity index is 343. The van der Waals surface area contributed by atoms with Crippen LogP contribution in [0, 0.1) is 5.92 Å². The third-order valence-electron chi connectivity index (χ3n) is 3.41. The Morgan fingerprint density at radius 1 is 1.41 bits per heavy atom. The zero-order valence-electron chi connectivity index (χ0n) is 10.9. The second-order valence-corrected chi connectivity index (χ2v) is 5.25. The molecule has 1 aliphatic rings. The first-order chi connectivity index (χ1) is 8.25. The van der Waals surface area contributed by atoms with Gasteiger partial charge in [-0.1, -0.05) is 26.0 Å². The van der Waals surface area contributed by atoms with Crippen molar-refractivity contribution in [2.45, 2.75) is 32.6 Å². The third kappa shape index (κ3) is 3.74. The van der Waals surface area contributed by atoms with E-state index in [4.69, 9.17) is 4.74 Å². The quantitative estimate of drug-likeness (QED) is 0.862. The zero-order chi connectivity index (χ0) is 12.1. The molecule has 0 aromatic heterocycles. The average molecular weight is 233 g/mol. The first-order valence-corrected chi connectivity index (χ1v) is 6.69. The highest BCUT2D eigenvalue weighted by atomic mass is 16.5. The fourth-order valence-corrected chi connectivity index (χ4v) is 2.24. The Hall–Kier alpha value is -1.02. The van der Waals surface area contributed by atoms with Crippen molar-refractivity contribution in [3.63, 3.8) is 0 Å². The van der Waals surface area contributed by atoms with E-state index in [0.717, 1.165) is 18.9 Å². The molecule has 1 N–H and O–H groups in total. The van der Waals surface area contributed by atoms with Crippen LogP contribution >= 0.6 is 0 Å². The fraction of sp³-hybridized carbons (Fsp3) is 0.600. The van der Waals surface area contributed by atoms with Crippen LogP contribution in [0.4, 0.5) is 0 Å². The van der Waals surface area contributed by atoms with Gasteiger partial charge < -0.3 is 10.1 Å². The molecule has 0 saturated carbocycles. The molecule has 2 rings (SSSR count). The van der Waals surface area contributed by atoms with E-state index >= 15 is 0 Å². The van der Waals surface area contributed by atoms with Crippen molar-refractivity contribution in [2.75, 3.05) is 19.7 Å². The summed E-state index contributed by atoms with van der Waals surface area (Å²) in [6.07, 6.45) is 2.57. The largest absolute Gasteiger partial charge is 0.493 e. The van der Waals surface area contributed by atoms with Crippen LogP contribution in [0.15, 0.2) is 24.3 Å². The van der Waals surface area contributed by atoms with Crippen molar-refractivity contribution >= 4 is 0 Å². The molecule has 2 nitrogen and oxygen atoms in total. The molecule has 1 atom stereocenters. The predicted molar refractivity (Wildman–Crippen MR) is 71.6 cm³/mol. The molecule has 0 radical (unpaired) electrons. The zero-order valence-corrected chi connectivity index (χ0v) is 10.9. The number of benzene rings is 1. The molecule has 1 heterocycles. The van der Waals surface area contributed by atoms with E-state index in [-0.39, 0.29) is 0 Å². The maximum Gasteiger partial charge on any atom is 0.119 e. The van der Waals surface area contributed by atoms with E-state index in [2.05, 4.69) is 43.4 Å². The Morgan fingerprint density at radius 3 is 3.00 bits per heavy atom. The second-order valence-electron chi connectivity index (χ2n) is 5.25. The molecule has 0 unspecified atom stereocenters. The number of hydrogen-bond donors (Lipinski definition) is 1. The highest BCUT2D eigenvalue weighted by Gasteiger charge is 2.13. The van der Waals surface area contributed by atoms with Gasteiger partial charge in [0.1, 0.15) is 5.75 Å². The van der Waals surface area contributed by atoms with Crippen molar-refractivity contribution in [1.29, 1.82) is 0 Å². The van der Waals surface area contributed by atoms with Gasteiger partial charge >= 0.3 is 0 Å². The molecule has 0 aliphatic carbocycles. The molecule has 1 aliphatic heterocycles. The van der Waals surface area contributed by atoms with Crippen LogP contribution in [0.1, 0.15) is 38.2 Å². The van der Waals surface area contributed by atoms with Crippen LogP contribution in [0.5, 0.6) is 5.75 Å².